The monoisotopic (exact) mass is 527 g/mol. The van der Waals surface area contributed by atoms with Crippen LogP contribution in [0.1, 0.15) is 34.0 Å². The molecule has 6 nitrogen and oxygen atoms in total. The van der Waals surface area contributed by atoms with Crippen molar-refractivity contribution in [2.45, 2.75) is 31.0 Å². The minimum Gasteiger partial charge on any atom is -0.497 e. The van der Waals surface area contributed by atoms with E-state index in [1.165, 1.54) is 14.2 Å². The maximum absolute atomic E-state index is 13.7. The number of alkyl halides is 6. The maximum Gasteiger partial charge on any atom is 0.418 e. The summed E-state index contributed by atoms with van der Waals surface area (Å²) < 4.78 is 90.6. The first-order valence-electron chi connectivity index (χ1n) is 10.8. The van der Waals surface area contributed by atoms with Crippen LogP contribution in [0.2, 0.25) is 0 Å². The Bertz CT molecular complexity index is 1200. The zero-order valence-electron chi connectivity index (χ0n) is 19.7. The third-order valence-corrected chi connectivity index (χ3v) is 5.40. The lowest BCUT2D eigenvalue weighted by atomic mass is 9.98. The highest BCUT2D eigenvalue weighted by atomic mass is 19.4. The Morgan fingerprint density at radius 3 is 2.22 bits per heavy atom. The molecule has 3 rings (SSSR count). The molecule has 0 aliphatic rings. The number of amides is 2. The van der Waals surface area contributed by atoms with Gasteiger partial charge < -0.3 is 20.1 Å². The fraction of sp³-hybridized carbons (Fsp3) is 0.280. The Kier molecular flexibility index (Phi) is 8.64. The van der Waals surface area contributed by atoms with Crippen LogP contribution in [-0.2, 0) is 23.5 Å². The van der Waals surface area contributed by atoms with E-state index in [9.17, 15) is 31.1 Å². The summed E-state index contributed by atoms with van der Waals surface area (Å²) in [6.45, 7) is 0. The number of urea groups is 1. The van der Waals surface area contributed by atoms with Gasteiger partial charge in [0.2, 0.25) is 0 Å². The van der Waals surface area contributed by atoms with Gasteiger partial charge in [-0.3, -0.25) is 4.98 Å². The molecule has 2 amide bonds. The fourth-order valence-corrected chi connectivity index (χ4v) is 3.59. The highest BCUT2D eigenvalue weighted by Gasteiger charge is 2.37. The molecule has 0 radical (unpaired) electrons. The number of ether oxygens (including phenoxy) is 2. The number of nitrogens with one attached hydrogen (secondary N) is 2. The second-order valence-corrected chi connectivity index (χ2v) is 7.88. The average Bonchev–Trinajstić information content (AvgIpc) is 2.86. The predicted octanol–water partition coefficient (Wildman–Crippen LogP) is 5.73. The first kappa shape index (κ1) is 27.8. The van der Waals surface area contributed by atoms with Crippen molar-refractivity contribution < 1.29 is 40.6 Å². The van der Waals surface area contributed by atoms with Gasteiger partial charge in [0.05, 0.1) is 30.0 Å². The summed E-state index contributed by atoms with van der Waals surface area (Å²) in [7, 11) is 2.83. The molecule has 0 saturated heterocycles. The number of methoxy groups -OCH3 is 2. The molecule has 37 heavy (non-hydrogen) atoms. The topological polar surface area (TPSA) is 72.5 Å². The van der Waals surface area contributed by atoms with Gasteiger partial charge in [-0.1, -0.05) is 24.3 Å². The number of hydrogen-bond acceptors (Lipinski definition) is 4. The maximum atomic E-state index is 13.7. The normalized spacial score (nSPS) is 13.5. The Morgan fingerprint density at radius 1 is 0.919 bits per heavy atom. The van der Waals surface area contributed by atoms with E-state index in [4.69, 9.17) is 9.47 Å². The van der Waals surface area contributed by atoms with Gasteiger partial charge in [-0.25, -0.2) is 4.79 Å². The highest BCUT2D eigenvalue weighted by Crippen LogP contribution is 2.36. The molecule has 12 heteroatoms. The standard InChI is InChI=1S/C25H23F6N3O3/c1-36-18-6-3-5-15(13-18)14-20(37-2)33-23(35)34-21(16-8-10-17(11-9-16)24(26,27)28)22-19(25(29,30)31)7-4-12-32-22/h3-13,20-21H,14H2,1-2H3,(H2,33,34,35). The van der Waals surface area contributed by atoms with Crippen LogP contribution in [0.15, 0.2) is 66.9 Å². The number of hydrogen-bond donors (Lipinski definition) is 2. The summed E-state index contributed by atoms with van der Waals surface area (Å²) in [5, 5.41) is 4.91. The molecule has 0 bridgehead atoms. The van der Waals surface area contributed by atoms with Crippen molar-refractivity contribution in [3.8, 4) is 5.75 Å². The molecule has 3 aromatic rings. The van der Waals surface area contributed by atoms with E-state index >= 15 is 0 Å². The summed E-state index contributed by atoms with van der Waals surface area (Å²) >= 11 is 0. The first-order chi connectivity index (χ1) is 17.4. The van der Waals surface area contributed by atoms with Crippen molar-refractivity contribution in [3.05, 3.63) is 94.8 Å². The van der Waals surface area contributed by atoms with Crippen LogP contribution in [0.4, 0.5) is 31.1 Å². The number of benzene rings is 2. The lowest BCUT2D eigenvalue weighted by molar-refractivity contribution is -0.139. The fourth-order valence-electron chi connectivity index (χ4n) is 3.59. The van der Waals surface area contributed by atoms with Crippen LogP contribution in [0.25, 0.3) is 0 Å². The molecule has 0 aliphatic carbocycles. The zero-order valence-corrected chi connectivity index (χ0v) is 19.7. The van der Waals surface area contributed by atoms with Crippen LogP contribution < -0.4 is 15.4 Å². The first-order valence-corrected chi connectivity index (χ1v) is 10.8. The molecule has 0 aliphatic heterocycles. The van der Waals surface area contributed by atoms with Crippen LogP contribution in [-0.4, -0.2) is 31.5 Å². The zero-order chi connectivity index (χ0) is 27.2. The summed E-state index contributed by atoms with van der Waals surface area (Å²) in [5.74, 6) is 0.578. The van der Waals surface area contributed by atoms with Gasteiger partial charge in [-0.2, -0.15) is 26.3 Å². The van der Waals surface area contributed by atoms with Crippen molar-refractivity contribution in [2.75, 3.05) is 14.2 Å². The smallest absolute Gasteiger partial charge is 0.418 e. The number of carbonyl (C=O) groups is 1. The number of nitrogens with zero attached hydrogens (tertiary/aromatic N) is 1. The molecule has 2 aromatic carbocycles. The van der Waals surface area contributed by atoms with E-state index in [1.807, 2.05) is 0 Å². The molecule has 1 aromatic heterocycles. The molecular formula is C25H23F6N3O3. The molecule has 2 N–H and O–H groups in total. The van der Waals surface area contributed by atoms with E-state index < -0.39 is 47.5 Å². The lowest BCUT2D eigenvalue weighted by Crippen LogP contribution is -2.45. The van der Waals surface area contributed by atoms with Crippen LogP contribution in [0.3, 0.4) is 0 Å². The summed E-state index contributed by atoms with van der Waals surface area (Å²) in [6.07, 6.45) is -9.06. The Hall–Kier alpha value is -3.80. The molecule has 0 spiro atoms. The molecule has 0 fully saturated rings. The molecule has 2 unspecified atom stereocenters. The van der Waals surface area contributed by atoms with Crippen molar-refractivity contribution in [2.24, 2.45) is 0 Å². The minimum absolute atomic E-state index is 0.0332. The second kappa shape index (κ2) is 11.5. The van der Waals surface area contributed by atoms with E-state index in [2.05, 4.69) is 15.6 Å². The Balaban J connectivity index is 1.89. The molecule has 2 atom stereocenters. The highest BCUT2D eigenvalue weighted by molar-refractivity contribution is 5.75. The van der Waals surface area contributed by atoms with Gasteiger partial charge in [-0.15, -0.1) is 0 Å². The molecular weight excluding hydrogens is 504 g/mol. The van der Waals surface area contributed by atoms with Crippen molar-refractivity contribution >= 4 is 6.03 Å². The molecule has 198 valence electrons. The van der Waals surface area contributed by atoms with Crippen molar-refractivity contribution in [1.29, 1.82) is 0 Å². The third-order valence-electron chi connectivity index (χ3n) is 5.40. The van der Waals surface area contributed by atoms with Gasteiger partial charge >= 0.3 is 18.4 Å². The second-order valence-electron chi connectivity index (χ2n) is 7.88. The Morgan fingerprint density at radius 2 is 1.62 bits per heavy atom. The SMILES string of the molecule is COc1cccc(CC(NC(=O)NC(c2ccc(C(F)(F)F)cc2)c2ncccc2C(F)(F)F)OC)c1. The van der Waals surface area contributed by atoms with E-state index in [0.29, 0.717) is 5.75 Å². The number of rotatable bonds is 8. The minimum atomic E-state index is -4.83. The summed E-state index contributed by atoms with van der Waals surface area (Å²) in [5.41, 5.74) is -2.00. The number of aromatic nitrogens is 1. The quantitative estimate of drug-likeness (QED) is 0.290. The van der Waals surface area contributed by atoms with E-state index in [-0.39, 0.29) is 12.0 Å². The summed E-state index contributed by atoms with van der Waals surface area (Å²) in [6, 6.07) is 9.80. The van der Waals surface area contributed by atoms with Gasteiger partial charge in [0.1, 0.15) is 12.0 Å². The van der Waals surface area contributed by atoms with Gasteiger partial charge in [0, 0.05) is 19.7 Å². The predicted molar refractivity (Wildman–Crippen MR) is 122 cm³/mol. The Labute approximate surface area is 208 Å². The van der Waals surface area contributed by atoms with Crippen LogP contribution >= 0.6 is 0 Å². The van der Waals surface area contributed by atoms with Gasteiger partial charge in [-0.05, 0) is 47.5 Å². The lowest BCUT2D eigenvalue weighted by Gasteiger charge is -2.24. The molecule has 1 heterocycles. The molecule has 0 saturated carbocycles. The van der Waals surface area contributed by atoms with Crippen LogP contribution in [0.5, 0.6) is 5.75 Å². The largest absolute Gasteiger partial charge is 0.497 e. The van der Waals surface area contributed by atoms with E-state index in [0.717, 1.165) is 48.2 Å². The average molecular weight is 527 g/mol. The van der Waals surface area contributed by atoms with Crippen molar-refractivity contribution in [1.82, 2.24) is 15.6 Å². The summed E-state index contributed by atoms with van der Waals surface area (Å²) in [4.78, 5) is 16.7. The third kappa shape index (κ3) is 7.35. The van der Waals surface area contributed by atoms with Crippen LogP contribution in [0, 0.1) is 0 Å². The van der Waals surface area contributed by atoms with E-state index in [1.54, 1.807) is 24.3 Å². The number of pyridine rings is 1. The number of carbonyl (C=O) groups excluding carboxylic acids is 1. The van der Waals surface area contributed by atoms with Gasteiger partial charge in [0.15, 0.2) is 0 Å². The van der Waals surface area contributed by atoms with Crippen molar-refractivity contribution in [3.63, 3.8) is 0 Å². The number of halogens is 6. The van der Waals surface area contributed by atoms with Gasteiger partial charge in [0.25, 0.3) is 0 Å².